The van der Waals surface area contributed by atoms with E-state index in [9.17, 15) is 4.79 Å². The third-order valence-electron chi connectivity index (χ3n) is 2.68. The Morgan fingerprint density at radius 1 is 1.44 bits per heavy atom. The maximum atomic E-state index is 10.7. The average molecular weight is 247 g/mol. The fourth-order valence-electron chi connectivity index (χ4n) is 1.73. The molecule has 0 aliphatic rings. The molecule has 0 saturated heterocycles. The summed E-state index contributed by atoms with van der Waals surface area (Å²) in [4.78, 5) is 10.7. The highest BCUT2D eigenvalue weighted by molar-refractivity contribution is 5.85. The number of carboxylic acid groups (broad SMARTS) is 1. The Hall–Kier alpha value is -2.30. The molecule has 1 aromatic heterocycles. The number of carbonyl (C=O) groups is 1. The number of aromatic carboxylic acids is 1. The first-order chi connectivity index (χ1) is 8.65. The summed E-state index contributed by atoms with van der Waals surface area (Å²) in [6, 6.07) is 6.98. The molecule has 2 rings (SSSR count). The number of nitrogens with zero attached hydrogens (tertiary/aromatic N) is 1. The minimum Gasteiger partial charge on any atom is -0.496 e. The van der Waals surface area contributed by atoms with Gasteiger partial charge >= 0.3 is 5.97 Å². The number of ether oxygens (including phenoxy) is 1. The van der Waals surface area contributed by atoms with E-state index in [1.807, 2.05) is 25.1 Å². The van der Waals surface area contributed by atoms with Gasteiger partial charge in [0.15, 0.2) is 0 Å². The number of methoxy groups -OCH3 is 1. The van der Waals surface area contributed by atoms with Crippen LogP contribution >= 0.6 is 0 Å². The highest BCUT2D eigenvalue weighted by atomic mass is 16.5. The first-order valence-electron chi connectivity index (χ1n) is 5.53. The summed E-state index contributed by atoms with van der Waals surface area (Å²) in [5, 5.41) is 12.5. The predicted octanol–water partition coefficient (Wildman–Crippen LogP) is 2.61. The second-order valence-corrected chi connectivity index (χ2v) is 3.76. The lowest BCUT2D eigenvalue weighted by molar-refractivity contribution is 0.0652. The van der Waals surface area contributed by atoms with E-state index in [0.717, 1.165) is 23.3 Å². The van der Waals surface area contributed by atoms with Crippen molar-refractivity contribution in [1.82, 2.24) is 5.16 Å². The van der Waals surface area contributed by atoms with Crippen LogP contribution in [0, 0.1) is 0 Å². The number of hydrogen-bond donors (Lipinski definition) is 1. The lowest BCUT2D eigenvalue weighted by Crippen LogP contribution is -1.92. The van der Waals surface area contributed by atoms with Crippen molar-refractivity contribution in [2.24, 2.45) is 0 Å². The number of rotatable bonds is 4. The van der Waals surface area contributed by atoms with Gasteiger partial charge in [0, 0.05) is 11.6 Å². The molecule has 0 aliphatic heterocycles. The second-order valence-electron chi connectivity index (χ2n) is 3.76. The molecule has 2 aromatic rings. The van der Waals surface area contributed by atoms with E-state index in [4.69, 9.17) is 14.4 Å². The Labute approximate surface area is 104 Å². The average Bonchev–Trinajstić information content (AvgIpc) is 2.87. The normalized spacial score (nSPS) is 10.3. The predicted molar refractivity (Wildman–Crippen MR) is 64.8 cm³/mol. The fourth-order valence-corrected chi connectivity index (χ4v) is 1.73. The van der Waals surface area contributed by atoms with Crippen molar-refractivity contribution < 1.29 is 19.2 Å². The van der Waals surface area contributed by atoms with Crippen LogP contribution in [-0.2, 0) is 6.42 Å². The Balaban J connectivity index is 2.41. The van der Waals surface area contributed by atoms with Gasteiger partial charge in [-0.15, -0.1) is 0 Å². The fraction of sp³-hybridized carbons (Fsp3) is 0.231. The molecule has 1 aromatic carbocycles. The van der Waals surface area contributed by atoms with Crippen LogP contribution in [0.5, 0.6) is 5.75 Å². The molecule has 0 unspecified atom stereocenters. The van der Waals surface area contributed by atoms with Crippen molar-refractivity contribution in [2.45, 2.75) is 13.3 Å². The van der Waals surface area contributed by atoms with Gasteiger partial charge in [-0.2, -0.15) is 0 Å². The zero-order valence-electron chi connectivity index (χ0n) is 10.1. The van der Waals surface area contributed by atoms with Gasteiger partial charge in [0.25, 0.3) is 0 Å². The number of benzene rings is 1. The quantitative estimate of drug-likeness (QED) is 0.899. The zero-order valence-corrected chi connectivity index (χ0v) is 10.1. The van der Waals surface area contributed by atoms with Crippen LogP contribution in [0.2, 0.25) is 0 Å². The minimum absolute atomic E-state index is 0.168. The molecule has 0 spiro atoms. The SMILES string of the molecule is CCc1cc(-c2cc(C(=O)O)on2)ccc1OC. The van der Waals surface area contributed by atoms with Crippen molar-refractivity contribution in [2.75, 3.05) is 7.11 Å². The van der Waals surface area contributed by atoms with E-state index in [2.05, 4.69) is 5.16 Å². The number of aromatic nitrogens is 1. The van der Waals surface area contributed by atoms with E-state index in [0.29, 0.717) is 5.69 Å². The maximum absolute atomic E-state index is 10.7. The summed E-state index contributed by atoms with van der Waals surface area (Å²) in [5.74, 6) is -0.486. The van der Waals surface area contributed by atoms with Crippen molar-refractivity contribution in [3.63, 3.8) is 0 Å². The van der Waals surface area contributed by atoms with Crippen molar-refractivity contribution in [3.05, 3.63) is 35.6 Å². The summed E-state index contributed by atoms with van der Waals surface area (Å²) >= 11 is 0. The molecule has 0 amide bonds. The van der Waals surface area contributed by atoms with Crippen LogP contribution in [0.25, 0.3) is 11.3 Å². The Bertz CT molecular complexity index is 574. The third kappa shape index (κ3) is 2.20. The molecule has 1 heterocycles. The molecule has 18 heavy (non-hydrogen) atoms. The topological polar surface area (TPSA) is 72.6 Å². The van der Waals surface area contributed by atoms with Crippen LogP contribution in [-0.4, -0.2) is 23.3 Å². The van der Waals surface area contributed by atoms with Crippen LogP contribution in [0.4, 0.5) is 0 Å². The highest BCUT2D eigenvalue weighted by Gasteiger charge is 2.13. The van der Waals surface area contributed by atoms with Gasteiger partial charge in [-0.1, -0.05) is 12.1 Å². The van der Waals surface area contributed by atoms with Crippen molar-refractivity contribution in [1.29, 1.82) is 0 Å². The van der Waals surface area contributed by atoms with Crippen molar-refractivity contribution in [3.8, 4) is 17.0 Å². The molecule has 0 radical (unpaired) electrons. The van der Waals surface area contributed by atoms with Gasteiger partial charge < -0.3 is 14.4 Å². The van der Waals surface area contributed by atoms with E-state index in [-0.39, 0.29) is 5.76 Å². The third-order valence-corrected chi connectivity index (χ3v) is 2.68. The summed E-state index contributed by atoms with van der Waals surface area (Å²) in [6.45, 7) is 2.02. The smallest absolute Gasteiger partial charge is 0.374 e. The second kappa shape index (κ2) is 4.91. The summed E-state index contributed by atoms with van der Waals surface area (Å²) < 4.78 is 9.96. The van der Waals surface area contributed by atoms with Gasteiger partial charge in [-0.05, 0) is 30.2 Å². The molecule has 5 nitrogen and oxygen atoms in total. The molecule has 5 heteroatoms. The van der Waals surface area contributed by atoms with Gasteiger partial charge in [0.2, 0.25) is 5.76 Å². The number of aryl methyl sites for hydroxylation is 1. The lowest BCUT2D eigenvalue weighted by Gasteiger charge is -2.07. The molecule has 0 atom stereocenters. The van der Waals surface area contributed by atoms with E-state index >= 15 is 0 Å². The van der Waals surface area contributed by atoms with Gasteiger partial charge in [0.1, 0.15) is 11.4 Å². The molecular weight excluding hydrogens is 234 g/mol. The standard InChI is InChI=1S/C13H13NO4/c1-3-8-6-9(4-5-11(8)17-2)10-7-12(13(15)16)18-14-10/h4-7H,3H2,1-2H3,(H,15,16). The van der Waals surface area contributed by atoms with E-state index in [1.165, 1.54) is 6.07 Å². The van der Waals surface area contributed by atoms with Crippen LogP contribution in [0.3, 0.4) is 0 Å². The Morgan fingerprint density at radius 2 is 2.22 bits per heavy atom. The Kier molecular flexibility index (Phi) is 3.32. The minimum atomic E-state index is -1.13. The number of hydrogen-bond acceptors (Lipinski definition) is 4. The van der Waals surface area contributed by atoms with E-state index < -0.39 is 5.97 Å². The van der Waals surface area contributed by atoms with Gasteiger partial charge in [-0.3, -0.25) is 0 Å². The van der Waals surface area contributed by atoms with Crippen LogP contribution in [0.1, 0.15) is 23.0 Å². The summed E-state index contributed by atoms with van der Waals surface area (Å²) in [5.41, 5.74) is 2.35. The Morgan fingerprint density at radius 3 is 2.78 bits per heavy atom. The lowest BCUT2D eigenvalue weighted by atomic mass is 10.1. The van der Waals surface area contributed by atoms with Crippen molar-refractivity contribution >= 4 is 5.97 Å². The van der Waals surface area contributed by atoms with Gasteiger partial charge in [-0.25, -0.2) is 4.79 Å². The molecule has 0 bridgehead atoms. The maximum Gasteiger partial charge on any atom is 0.374 e. The molecule has 94 valence electrons. The molecule has 0 saturated carbocycles. The first kappa shape index (κ1) is 12.2. The molecule has 1 N–H and O–H groups in total. The highest BCUT2D eigenvalue weighted by Crippen LogP contribution is 2.26. The summed E-state index contributed by atoms with van der Waals surface area (Å²) in [7, 11) is 1.62. The first-order valence-corrected chi connectivity index (χ1v) is 5.53. The van der Waals surface area contributed by atoms with E-state index in [1.54, 1.807) is 7.11 Å². The zero-order chi connectivity index (χ0) is 13.1. The van der Waals surface area contributed by atoms with Gasteiger partial charge in [0.05, 0.1) is 7.11 Å². The van der Waals surface area contributed by atoms with Crippen LogP contribution in [0.15, 0.2) is 28.8 Å². The number of carboxylic acids is 1. The summed E-state index contributed by atoms with van der Waals surface area (Å²) in [6.07, 6.45) is 0.820. The monoisotopic (exact) mass is 247 g/mol. The molecule has 0 aliphatic carbocycles. The largest absolute Gasteiger partial charge is 0.496 e. The van der Waals surface area contributed by atoms with Crippen LogP contribution < -0.4 is 4.74 Å². The molecule has 0 fully saturated rings. The molecular formula is C13H13NO4.